The Hall–Kier alpha value is -2.17. The highest BCUT2D eigenvalue weighted by Crippen LogP contribution is 2.41. The summed E-state index contributed by atoms with van der Waals surface area (Å²) in [5.41, 5.74) is 2.57. The van der Waals surface area contributed by atoms with Gasteiger partial charge in [-0.2, -0.15) is 0 Å². The lowest BCUT2D eigenvalue weighted by Gasteiger charge is -2.30. The maximum Gasteiger partial charge on any atom is 0.407 e. The third-order valence-corrected chi connectivity index (χ3v) is 7.33. The number of benzene rings is 1. The lowest BCUT2D eigenvalue weighted by atomic mass is 9.88. The molecule has 8 nitrogen and oxygen atoms in total. The molecule has 1 aliphatic carbocycles. The highest BCUT2D eigenvalue weighted by molar-refractivity contribution is 8.76. The number of hydrogen-bond donors (Lipinski definition) is 2. The van der Waals surface area contributed by atoms with Gasteiger partial charge in [0, 0.05) is 23.5 Å². The molecule has 0 saturated heterocycles. The van der Waals surface area contributed by atoms with Gasteiger partial charge < -0.3 is 19.9 Å². The summed E-state index contributed by atoms with van der Waals surface area (Å²) in [4.78, 5) is 27.4. The van der Waals surface area contributed by atoms with Gasteiger partial charge in [0.05, 0.1) is 17.4 Å². The number of nitrogens with one attached hydrogen (secondary N) is 1. The SMILES string of the molecule is CCc1nc2c(n1C(C)(C)O)-c1ccccc1CC2NC(=O)OCCSSCCOC=O. The maximum atomic E-state index is 12.5. The van der Waals surface area contributed by atoms with Gasteiger partial charge in [0.25, 0.3) is 6.47 Å². The molecule has 1 aromatic heterocycles. The Labute approximate surface area is 195 Å². The van der Waals surface area contributed by atoms with Crippen molar-refractivity contribution in [3.05, 3.63) is 41.3 Å². The summed E-state index contributed by atoms with van der Waals surface area (Å²) in [5.74, 6) is 2.08. The number of imidazole rings is 1. The molecule has 0 aliphatic heterocycles. The largest absolute Gasteiger partial charge is 0.467 e. The summed E-state index contributed by atoms with van der Waals surface area (Å²) in [6.07, 6.45) is 0.764. The summed E-state index contributed by atoms with van der Waals surface area (Å²) >= 11 is 0. The summed E-state index contributed by atoms with van der Waals surface area (Å²) in [5, 5.41) is 13.8. The first-order valence-corrected chi connectivity index (χ1v) is 13.0. The number of aliphatic hydroxyl groups is 1. The van der Waals surface area contributed by atoms with Crippen molar-refractivity contribution in [3.8, 4) is 11.3 Å². The molecule has 32 heavy (non-hydrogen) atoms. The number of fused-ring (bicyclic) bond motifs is 3. The number of nitrogens with zero attached hydrogens (tertiary/aromatic N) is 2. The molecule has 2 N–H and O–H groups in total. The molecule has 10 heteroatoms. The highest BCUT2D eigenvalue weighted by atomic mass is 33.1. The lowest BCUT2D eigenvalue weighted by molar-refractivity contribution is -0.128. The monoisotopic (exact) mass is 479 g/mol. The van der Waals surface area contributed by atoms with Crippen LogP contribution in [-0.2, 0) is 32.8 Å². The quantitative estimate of drug-likeness (QED) is 0.286. The number of amides is 1. The van der Waals surface area contributed by atoms with Crippen LogP contribution in [0.3, 0.4) is 0 Å². The molecule has 0 fully saturated rings. The Kier molecular flexibility index (Phi) is 8.50. The number of hydrogen-bond acceptors (Lipinski definition) is 8. The second kappa shape index (κ2) is 11.1. The van der Waals surface area contributed by atoms with E-state index in [4.69, 9.17) is 9.72 Å². The molecule has 1 aliphatic rings. The minimum atomic E-state index is -1.13. The first kappa shape index (κ1) is 24.5. The van der Waals surface area contributed by atoms with Crippen LogP contribution in [0.5, 0.6) is 0 Å². The van der Waals surface area contributed by atoms with Gasteiger partial charge in [-0.25, -0.2) is 9.78 Å². The van der Waals surface area contributed by atoms with Gasteiger partial charge in [-0.3, -0.25) is 9.36 Å². The first-order valence-electron chi connectivity index (χ1n) is 10.5. The van der Waals surface area contributed by atoms with Crippen molar-refractivity contribution in [3.63, 3.8) is 0 Å². The van der Waals surface area contributed by atoms with Crippen LogP contribution in [0.2, 0.25) is 0 Å². The van der Waals surface area contributed by atoms with Gasteiger partial charge in [0.15, 0.2) is 0 Å². The second-order valence-corrected chi connectivity index (χ2v) is 10.5. The Balaban J connectivity index is 1.69. The van der Waals surface area contributed by atoms with E-state index < -0.39 is 11.8 Å². The maximum absolute atomic E-state index is 12.5. The van der Waals surface area contributed by atoms with E-state index >= 15 is 0 Å². The molecule has 0 radical (unpaired) electrons. The molecule has 1 unspecified atom stereocenters. The molecule has 0 spiro atoms. The molecule has 174 valence electrons. The topological polar surface area (TPSA) is 103 Å². The summed E-state index contributed by atoms with van der Waals surface area (Å²) in [6.45, 7) is 6.55. The summed E-state index contributed by atoms with van der Waals surface area (Å²) in [7, 11) is 3.11. The molecule has 2 aromatic rings. The summed E-state index contributed by atoms with van der Waals surface area (Å²) in [6, 6.07) is 7.66. The van der Waals surface area contributed by atoms with E-state index in [0.717, 1.165) is 28.3 Å². The zero-order valence-electron chi connectivity index (χ0n) is 18.5. The molecule has 1 amide bonds. The molecule has 0 saturated carbocycles. The Morgan fingerprint density at radius 1 is 1.31 bits per heavy atom. The van der Waals surface area contributed by atoms with Crippen LogP contribution in [0.25, 0.3) is 11.3 Å². The van der Waals surface area contributed by atoms with Crippen LogP contribution in [0.4, 0.5) is 4.79 Å². The molecule has 1 aromatic carbocycles. The van der Waals surface area contributed by atoms with Crippen LogP contribution >= 0.6 is 21.6 Å². The van der Waals surface area contributed by atoms with Crippen molar-refractivity contribution < 1.29 is 24.2 Å². The van der Waals surface area contributed by atoms with Crippen molar-refractivity contribution in [2.75, 3.05) is 24.7 Å². The van der Waals surface area contributed by atoms with E-state index in [9.17, 15) is 14.7 Å². The van der Waals surface area contributed by atoms with Crippen LogP contribution in [0.15, 0.2) is 24.3 Å². The van der Waals surface area contributed by atoms with Gasteiger partial charge in [-0.1, -0.05) is 52.8 Å². The smallest absolute Gasteiger partial charge is 0.407 e. The van der Waals surface area contributed by atoms with Crippen LogP contribution in [-0.4, -0.2) is 51.9 Å². The molecular formula is C22H29N3O5S2. The van der Waals surface area contributed by atoms with E-state index in [2.05, 4.69) is 10.1 Å². The average molecular weight is 480 g/mol. The van der Waals surface area contributed by atoms with Crippen molar-refractivity contribution >= 4 is 34.2 Å². The van der Waals surface area contributed by atoms with Crippen molar-refractivity contribution in [1.82, 2.24) is 14.9 Å². The van der Waals surface area contributed by atoms with E-state index in [-0.39, 0.29) is 12.6 Å². The van der Waals surface area contributed by atoms with Crippen LogP contribution < -0.4 is 5.32 Å². The zero-order chi connectivity index (χ0) is 23.1. The fourth-order valence-electron chi connectivity index (χ4n) is 3.78. The predicted octanol–water partition coefficient (Wildman–Crippen LogP) is 3.68. The molecule has 1 heterocycles. The number of aryl methyl sites for hydroxylation is 1. The predicted molar refractivity (Wildman–Crippen MR) is 126 cm³/mol. The number of aromatic nitrogens is 2. The third kappa shape index (κ3) is 5.79. The third-order valence-electron chi connectivity index (χ3n) is 4.99. The fourth-order valence-corrected chi connectivity index (χ4v) is 5.45. The lowest BCUT2D eigenvalue weighted by Crippen LogP contribution is -2.34. The number of rotatable bonds is 11. The van der Waals surface area contributed by atoms with Crippen molar-refractivity contribution in [2.45, 2.75) is 45.4 Å². The average Bonchev–Trinajstić information content (AvgIpc) is 3.17. The zero-order valence-corrected chi connectivity index (χ0v) is 20.1. The van der Waals surface area contributed by atoms with Crippen molar-refractivity contribution in [2.24, 2.45) is 0 Å². The Morgan fingerprint density at radius 2 is 2.03 bits per heavy atom. The fraction of sp³-hybridized carbons (Fsp3) is 0.500. The Bertz CT molecular complexity index is 942. The number of ether oxygens (including phenoxy) is 2. The standard InChI is InChI=1S/C22H29N3O5S2/c1-4-18-24-19-17(23-21(27)30-10-12-32-31-11-9-29-14-26)13-15-7-5-6-8-16(15)20(19)25(18)22(2,3)28/h5-8,14,17,28H,4,9-13H2,1-3H3,(H,23,27). The van der Waals surface area contributed by atoms with E-state index in [0.29, 0.717) is 37.4 Å². The van der Waals surface area contributed by atoms with Gasteiger partial charge in [0.2, 0.25) is 0 Å². The van der Waals surface area contributed by atoms with E-state index in [1.54, 1.807) is 35.4 Å². The van der Waals surface area contributed by atoms with Crippen LogP contribution in [0, 0.1) is 0 Å². The second-order valence-electron chi connectivity index (χ2n) is 7.75. The number of carbonyl (C=O) groups is 2. The number of alkyl carbamates (subject to hydrolysis) is 1. The molecule has 0 bridgehead atoms. The first-order chi connectivity index (χ1) is 15.4. The highest BCUT2D eigenvalue weighted by Gasteiger charge is 2.35. The van der Waals surface area contributed by atoms with Crippen LogP contribution in [0.1, 0.15) is 43.9 Å². The Morgan fingerprint density at radius 3 is 2.72 bits per heavy atom. The normalized spacial score (nSPS) is 14.9. The summed E-state index contributed by atoms with van der Waals surface area (Å²) < 4.78 is 11.8. The molecule has 1 atom stereocenters. The van der Waals surface area contributed by atoms with Gasteiger partial charge >= 0.3 is 6.09 Å². The van der Waals surface area contributed by atoms with Crippen molar-refractivity contribution in [1.29, 1.82) is 0 Å². The van der Waals surface area contributed by atoms with Gasteiger partial charge in [-0.15, -0.1) is 0 Å². The van der Waals surface area contributed by atoms with E-state index in [1.165, 1.54) is 0 Å². The number of carbonyl (C=O) groups excluding carboxylic acids is 2. The van der Waals surface area contributed by atoms with E-state index in [1.807, 2.05) is 35.8 Å². The molecular weight excluding hydrogens is 450 g/mol. The van der Waals surface area contributed by atoms with Gasteiger partial charge in [0.1, 0.15) is 24.8 Å². The minimum absolute atomic E-state index is 0.270. The molecule has 3 rings (SSSR count). The van der Waals surface area contributed by atoms with Gasteiger partial charge in [-0.05, 0) is 25.8 Å². The minimum Gasteiger partial charge on any atom is -0.467 e.